The maximum absolute atomic E-state index is 12.1. The van der Waals surface area contributed by atoms with Gasteiger partial charge >= 0.3 is 6.03 Å². The van der Waals surface area contributed by atoms with Crippen LogP contribution in [0.3, 0.4) is 0 Å². The minimum atomic E-state index is -0.498. The first-order valence-corrected chi connectivity index (χ1v) is 7.90. The summed E-state index contributed by atoms with van der Waals surface area (Å²) in [6.45, 7) is 0.127. The van der Waals surface area contributed by atoms with Crippen LogP contribution in [0.1, 0.15) is 5.56 Å². The van der Waals surface area contributed by atoms with Gasteiger partial charge in [-0.3, -0.25) is 0 Å². The van der Waals surface area contributed by atoms with Crippen LogP contribution in [0.15, 0.2) is 36.4 Å². The SMILES string of the molecule is O=C(Nc1cc(Cl)cc(NCCO)c1)Nc1cc(Cl)ccc1CO. The van der Waals surface area contributed by atoms with Gasteiger partial charge in [0, 0.05) is 39.2 Å². The van der Waals surface area contributed by atoms with Gasteiger partial charge in [-0.1, -0.05) is 29.3 Å². The van der Waals surface area contributed by atoms with Crippen LogP contribution in [0, 0.1) is 0 Å². The lowest BCUT2D eigenvalue weighted by atomic mass is 10.2. The van der Waals surface area contributed by atoms with Crippen molar-refractivity contribution in [2.45, 2.75) is 6.61 Å². The van der Waals surface area contributed by atoms with Crippen LogP contribution in [0.2, 0.25) is 10.0 Å². The van der Waals surface area contributed by atoms with Crippen molar-refractivity contribution in [3.05, 3.63) is 52.0 Å². The standard InChI is InChI=1S/C16H17Cl2N3O3/c17-11-2-1-10(9-23)15(7-11)21-16(24)20-14-6-12(18)5-13(8-14)19-3-4-22/h1-2,5-8,19,22-23H,3-4,9H2,(H2,20,21,24). The van der Waals surface area contributed by atoms with Crippen molar-refractivity contribution in [3.8, 4) is 0 Å². The average Bonchev–Trinajstić information content (AvgIpc) is 2.52. The van der Waals surface area contributed by atoms with Gasteiger partial charge in [-0.15, -0.1) is 0 Å². The number of aliphatic hydroxyl groups excluding tert-OH is 2. The second-order valence-electron chi connectivity index (χ2n) is 4.92. The molecule has 0 aliphatic heterocycles. The molecule has 2 aromatic carbocycles. The van der Waals surface area contributed by atoms with Crippen LogP contribution in [-0.4, -0.2) is 29.4 Å². The lowest BCUT2D eigenvalue weighted by molar-refractivity contribution is 0.262. The summed E-state index contributed by atoms with van der Waals surface area (Å²) < 4.78 is 0. The van der Waals surface area contributed by atoms with Crippen LogP contribution >= 0.6 is 23.2 Å². The maximum atomic E-state index is 12.1. The summed E-state index contributed by atoms with van der Waals surface area (Å²) in [6, 6.07) is 9.28. The molecule has 0 saturated heterocycles. The average molecular weight is 370 g/mol. The van der Waals surface area contributed by atoms with E-state index in [-0.39, 0.29) is 13.2 Å². The molecule has 0 aliphatic rings. The summed E-state index contributed by atoms with van der Waals surface area (Å²) in [4.78, 5) is 12.1. The fraction of sp³-hybridized carbons (Fsp3) is 0.188. The third kappa shape index (κ3) is 5.28. The van der Waals surface area contributed by atoms with Gasteiger partial charge in [-0.05, 0) is 30.3 Å². The Balaban J connectivity index is 2.10. The second kappa shape index (κ2) is 8.75. The fourth-order valence-corrected chi connectivity index (χ4v) is 2.46. The summed E-state index contributed by atoms with van der Waals surface area (Å²) in [5.74, 6) is 0. The van der Waals surface area contributed by atoms with E-state index in [9.17, 15) is 9.90 Å². The Hall–Kier alpha value is -1.99. The molecule has 0 saturated carbocycles. The van der Waals surface area contributed by atoms with Gasteiger partial charge in [0.15, 0.2) is 0 Å². The van der Waals surface area contributed by atoms with Gasteiger partial charge in [-0.25, -0.2) is 4.79 Å². The number of aliphatic hydroxyl groups is 2. The molecule has 2 amide bonds. The third-order valence-corrected chi connectivity index (χ3v) is 3.54. The number of halogens is 2. The highest BCUT2D eigenvalue weighted by Gasteiger charge is 2.09. The largest absolute Gasteiger partial charge is 0.395 e. The molecule has 0 bridgehead atoms. The van der Waals surface area contributed by atoms with Crippen molar-refractivity contribution in [1.82, 2.24) is 0 Å². The van der Waals surface area contributed by atoms with E-state index in [1.807, 2.05) is 0 Å². The second-order valence-corrected chi connectivity index (χ2v) is 5.79. The molecule has 0 heterocycles. The summed E-state index contributed by atoms with van der Waals surface area (Å²) in [6.07, 6.45) is 0. The minimum absolute atomic E-state index is 0.0194. The number of carbonyl (C=O) groups excluding carboxylic acids is 1. The number of nitrogens with one attached hydrogen (secondary N) is 3. The highest BCUT2D eigenvalue weighted by atomic mass is 35.5. The molecule has 24 heavy (non-hydrogen) atoms. The number of carbonyl (C=O) groups is 1. The van der Waals surface area contributed by atoms with Crippen LogP contribution in [0.5, 0.6) is 0 Å². The predicted octanol–water partition coefficient (Wildman–Crippen LogP) is 3.53. The Bertz CT molecular complexity index is 726. The molecular formula is C16H17Cl2N3O3. The molecule has 6 nitrogen and oxygen atoms in total. The minimum Gasteiger partial charge on any atom is -0.395 e. The molecule has 0 aromatic heterocycles. The highest BCUT2D eigenvalue weighted by molar-refractivity contribution is 6.31. The molecule has 8 heteroatoms. The molecule has 0 aliphatic carbocycles. The number of amides is 2. The van der Waals surface area contributed by atoms with Crippen LogP contribution in [-0.2, 0) is 6.61 Å². The molecule has 0 fully saturated rings. The lowest BCUT2D eigenvalue weighted by Gasteiger charge is -2.13. The van der Waals surface area contributed by atoms with Gasteiger partial charge in [0.05, 0.1) is 13.2 Å². The molecule has 2 aromatic rings. The van der Waals surface area contributed by atoms with Gasteiger partial charge in [0.2, 0.25) is 0 Å². The quantitative estimate of drug-likeness (QED) is 0.538. The van der Waals surface area contributed by atoms with Crippen molar-refractivity contribution in [2.24, 2.45) is 0 Å². The van der Waals surface area contributed by atoms with Gasteiger partial charge < -0.3 is 26.2 Å². The lowest BCUT2D eigenvalue weighted by Crippen LogP contribution is -2.20. The molecule has 5 N–H and O–H groups in total. The van der Waals surface area contributed by atoms with Gasteiger partial charge in [0.25, 0.3) is 0 Å². The van der Waals surface area contributed by atoms with E-state index in [1.165, 1.54) is 0 Å². The molecule has 0 unspecified atom stereocenters. The van der Waals surface area contributed by atoms with Crippen molar-refractivity contribution in [2.75, 3.05) is 29.1 Å². The molecule has 128 valence electrons. The van der Waals surface area contributed by atoms with E-state index < -0.39 is 6.03 Å². The Morgan fingerprint density at radius 3 is 2.42 bits per heavy atom. The number of benzene rings is 2. The Morgan fingerprint density at radius 2 is 1.71 bits per heavy atom. The third-order valence-electron chi connectivity index (χ3n) is 3.09. The van der Waals surface area contributed by atoms with Crippen molar-refractivity contribution in [1.29, 1.82) is 0 Å². The number of hydrogen-bond donors (Lipinski definition) is 5. The molecule has 2 rings (SSSR count). The first-order valence-electron chi connectivity index (χ1n) is 7.14. The van der Waals surface area contributed by atoms with E-state index in [1.54, 1.807) is 36.4 Å². The van der Waals surface area contributed by atoms with E-state index in [2.05, 4.69) is 16.0 Å². The number of rotatable bonds is 6. The molecule has 0 radical (unpaired) electrons. The van der Waals surface area contributed by atoms with E-state index in [0.717, 1.165) is 0 Å². The first-order chi connectivity index (χ1) is 11.5. The predicted molar refractivity (Wildman–Crippen MR) is 97.0 cm³/mol. The van der Waals surface area contributed by atoms with E-state index in [0.29, 0.717) is 39.2 Å². The van der Waals surface area contributed by atoms with Gasteiger partial charge in [-0.2, -0.15) is 0 Å². The number of anilines is 3. The Kier molecular flexibility index (Phi) is 6.69. The summed E-state index contributed by atoms with van der Waals surface area (Å²) in [7, 11) is 0. The van der Waals surface area contributed by atoms with Crippen molar-refractivity contribution in [3.63, 3.8) is 0 Å². The fourth-order valence-electron chi connectivity index (χ4n) is 2.05. The monoisotopic (exact) mass is 369 g/mol. The maximum Gasteiger partial charge on any atom is 0.323 e. The number of hydrogen-bond acceptors (Lipinski definition) is 4. The summed E-state index contributed by atoms with van der Waals surface area (Å²) in [5.41, 5.74) is 2.12. The van der Waals surface area contributed by atoms with E-state index in [4.69, 9.17) is 28.3 Å². The van der Waals surface area contributed by atoms with Crippen LogP contribution in [0.25, 0.3) is 0 Å². The van der Waals surface area contributed by atoms with E-state index >= 15 is 0 Å². The normalized spacial score (nSPS) is 10.3. The molecular weight excluding hydrogens is 353 g/mol. The van der Waals surface area contributed by atoms with Crippen molar-refractivity contribution >= 4 is 46.3 Å². The Morgan fingerprint density at radius 1 is 0.958 bits per heavy atom. The molecule has 0 spiro atoms. The van der Waals surface area contributed by atoms with Crippen molar-refractivity contribution < 1.29 is 15.0 Å². The Labute approximate surface area is 149 Å². The molecule has 0 atom stereocenters. The van der Waals surface area contributed by atoms with Crippen LogP contribution < -0.4 is 16.0 Å². The summed E-state index contributed by atoms with van der Waals surface area (Å²) in [5, 5.41) is 27.3. The zero-order valence-electron chi connectivity index (χ0n) is 12.6. The van der Waals surface area contributed by atoms with Gasteiger partial charge in [0.1, 0.15) is 0 Å². The number of urea groups is 1. The summed E-state index contributed by atoms with van der Waals surface area (Å²) >= 11 is 11.9. The first kappa shape index (κ1) is 18.4. The topological polar surface area (TPSA) is 93.6 Å². The smallest absolute Gasteiger partial charge is 0.323 e. The highest BCUT2D eigenvalue weighted by Crippen LogP contribution is 2.24. The van der Waals surface area contributed by atoms with Crippen LogP contribution in [0.4, 0.5) is 21.9 Å². The zero-order valence-corrected chi connectivity index (χ0v) is 14.2. The zero-order chi connectivity index (χ0) is 17.5.